The molecular formula is C50H41Cl2F3N4O9. The molecule has 3 heterocycles. The molecule has 18 heteroatoms. The molecule has 350 valence electrons. The minimum atomic E-state index is -4.79. The first kappa shape index (κ1) is 46.1. The van der Waals surface area contributed by atoms with Crippen molar-refractivity contribution < 1.29 is 56.4 Å². The molecule has 2 N–H and O–H groups in total. The van der Waals surface area contributed by atoms with Gasteiger partial charge in [-0.2, -0.15) is 18.2 Å². The van der Waals surface area contributed by atoms with E-state index in [1.807, 2.05) is 24.3 Å². The zero-order valence-corrected chi connectivity index (χ0v) is 38.1. The third kappa shape index (κ3) is 7.46. The molecule has 68 heavy (non-hydrogen) atoms. The maximum atomic E-state index is 15.7. The molecule has 9 rings (SSSR count). The van der Waals surface area contributed by atoms with Gasteiger partial charge in [0, 0.05) is 40.4 Å². The van der Waals surface area contributed by atoms with E-state index >= 15 is 9.59 Å². The highest BCUT2D eigenvalue weighted by Crippen LogP contribution is 2.66. The van der Waals surface area contributed by atoms with Gasteiger partial charge in [0.25, 0.3) is 11.8 Å². The number of aromatic nitrogens is 1. The Morgan fingerprint density at radius 1 is 0.794 bits per heavy atom. The number of phenols is 1. The van der Waals surface area contributed by atoms with Crippen molar-refractivity contribution in [3.05, 3.63) is 141 Å². The van der Waals surface area contributed by atoms with E-state index in [2.05, 4.69) is 10.4 Å². The summed E-state index contributed by atoms with van der Waals surface area (Å²) < 4.78 is 63.6. The van der Waals surface area contributed by atoms with Crippen molar-refractivity contribution in [1.82, 2.24) is 9.99 Å². The molecule has 13 nitrogen and oxygen atoms in total. The van der Waals surface area contributed by atoms with Crippen LogP contribution in [0.3, 0.4) is 0 Å². The Balaban J connectivity index is 1.15. The summed E-state index contributed by atoms with van der Waals surface area (Å²) in [5, 5.41) is 11.3. The molecule has 4 aliphatic rings. The summed E-state index contributed by atoms with van der Waals surface area (Å²) in [4.78, 5) is 65.4. The van der Waals surface area contributed by atoms with Gasteiger partial charge >= 0.3 is 6.18 Å². The van der Waals surface area contributed by atoms with Gasteiger partial charge in [0.15, 0.2) is 5.82 Å². The Kier molecular flexibility index (Phi) is 11.9. The van der Waals surface area contributed by atoms with Gasteiger partial charge in [-0.25, -0.2) is 4.98 Å². The summed E-state index contributed by atoms with van der Waals surface area (Å²) in [6.07, 6.45) is 1.22. The number of hydrogen-bond donors (Lipinski definition) is 2. The summed E-state index contributed by atoms with van der Waals surface area (Å²) in [7, 11) is 5.85. The van der Waals surface area contributed by atoms with Crippen molar-refractivity contribution in [2.75, 3.05) is 38.8 Å². The van der Waals surface area contributed by atoms with E-state index in [0.717, 1.165) is 16.0 Å². The number of anilines is 2. The molecule has 1 saturated carbocycles. The number of hydrazine groups is 1. The summed E-state index contributed by atoms with van der Waals surface area (Å²) in [6.45, 7) is 0. The topological polar surface area (TPSA) is 157 Å². The normalized spacial score (nSPS) is 23.3. The number of nitrogens with one attached hydrogen (secondary N) is 1. The summed E-state index contributed by atoms with van der Waals surface area (Å²) >= 11 is 12.7. The Labute approximate surface area is 397 Å². The number of carbonyl (C=O) groups excluding carboxylic acids is 4. The maximum Gasteiger partial charge on any atom is 0.417 e. The van der Waals surface area contributed by atoms with E-state index in [4.69, 9.17) is 42.1 Å². The first-order valence-corrected chi connectivity index (χ1v) is 22.0. The first-order valence-electron chi connectivity index (χ1n) is 21.2. The largest absolute Gasteiger partial charge is 0.508 e. The Morgan fingerprint density at radius 2 is 1.47 bits per heavy atom. The van der Waals surface area contributed by atoms with Gasteiger partial charge in [-0.1, -0.05) is 71.3 Å². The summed E-state index contributed by atoms with van der Waals surface area (Å²) in [6, 6.07) is 21.9. The van der Waals surface area contributed by atoms with Crippen molar-refractivity contribution in [2.45, 2.75) is 30.4 Å². The molecule has 4 amide bonds. The number of hydrogen-bond acceptors (Lipinski definition) is 11. The number of alkyl halides is 3. The molecule has 3 fully saturated rings. The average molecular weight is 970 g/mol. The fourth-order valence-corrected chi connectivity index (χ4v) is 10.8. The molecule has 2 aliphatic heterocycles. The number of amides is 4. The maximum absolute atomic E-state index is 15.7. The molecule has 5 aromatic rings. The lowest BCUT2D eigenvalue weighted by molar-refractivity contribution is -0.139. The second-order valence-corrected chi connectivity index (χ2v) is 17.6. The zero-order chi connectivity index (χ0) is 48.4. The van der Waals surface area contributed by atoms with E-state index in [1.54, 1.807) is 74.9 Å². The number of aromatic hydroxyl groups is 1. The predicted molar refractivity (Wildman–Crippen MR) is 245 cm³/mol. The number of rotatable bonds is 11. The molecule has 2 saturated heterocycles. The minimum Gasteiger partial charge on any atom is -0.508 e. The van der Waals surface area contributed by atoms with Gasteiger partial charge in [-0.3, -0.25) is 29.5 Å². The van der Waals surface area contributed by atoms with Crippen LogP contribution in [0.4, 0.5) is 24.7 Å². The SMILES string of the molecule is COc1ccc(OC)c(C=Cc2ccc(N3C(=O)[C@H]4[C@H](CC=C5[C@H]4C[C@H]4C(=O)N(Nc6ncc(C(F)(F)F)cc6Cl)C(=O)[C@@]4(c4ccc(Cl)cc4)[C@H]5c4c(OC)cc(O)cc4OC)C3=O)cc2)c1. The lowest BCUT2D eigenvalue weighted by atomic mass is 9.49. The highest BCUT2D eigenvalue weighted by Gasteiger charge is 2.71. The van der Waals surface area contributed by atoms with Crippen LogP contribution in [-0.4, -0.2) is 67.2 Å². The van der Waals surface area contributed by atoms with Gasteiger partial charge in [-0.05, 0) is 78.4 Å². The van der Waals surface area contributed by atoms with E-state index in [0.29, 0.717) is 50.6 Å². The fraction of sp³-hybridized carbons (Fsp3) is 0.260. The van der Waals surface area contributed by atoms with Crippen LogP contribution in [0, 0.1) is 23.7 Å². The van der Waals surface area contributed by atoms with Gasteiger partial charge in [0.2, 0.25) is 11.8 Å². The van der Waals surface area contributed by atoms with Gasteiger partial charge in [0.1, 0.15) is 28.7 Å². The summed E-state index contributed by atoms with van der Waals surface area (Å²) in [5.41, 5.74) is 2.53. The lowest BCUT2D eigenvalue weighted by Crippen LogP contribution is -2.53. The van der Waals surface area contributed by atoms with Crippen molar-refractivity contribution in [3.63, 3.8) is 0 Å². The first-order chi connectivity index (χ1) is 32.5. The lowest BCUT2D eigenvalue weighted by Gasteiger charge is -2.51. The number of allylic oxidation sites excluding steroid dienone is 2. The molecule has 0 radical (unpaired) electrons. The van der Waals surface area contributed by atoms with Crippen molar-refractivity contribution in [3.8, 4) is 28.7 Å². The van der Waals surface area contributed by atoms with Crippen molar-refractivity contribution >= 4 is 70.5 Å². The number of ether oxygens (including phenoxy) is 4. The molecule has 0 spiro atoms. The number of phenolic OH excluding ortho intramolecular Hbond substituents is 1. The fourth-order valence-electron chi connectivity index (χ4n) is 10.5. The van der Waals surface area contributed by atoms with Crippen LogP contribution in [0.15, 0.2) is 103 Å². The van der Waals surface area contributed by atoms with Gasteiger partial charge in [-0.15, -0.1) is 0 Å². The number of methoxy groups -OCH3 is 4. The number of imide groups is 2. The highest BCUT2D eigenvalue weighted by molar-refractivity contribution is 6.33. The molecule has 0 bridgehead atoms. The van der Waals surface area contributed by atoms with E-state index in [9.17, 15) is 27.9 Å². The number of pyridine rings is 1. The Bertz CT molecular complexity index is 2920. The van der Waals surface area contributed by atoms with Crippen LogP contribution >= 0.6 is 23.2 Å². The van der Waals surface area contributed by atoms with Gasteiger partial charge in [0.05, 0.1) is 67.9 Å². The van der Waals surface area contributed by atoms with Crippen LogP contribution in [-0.2, 0) is 30.8 Å². The number of halogens is 5. The van der Waals surface area contributed by atoms with E-state index in [1.165, 1.54) is 26.4 Å². The average Bonchev–Trinajstić information content (AvgIpc) is 3.71. The van der Waals surface area contributed by atoms with E-state index < -0.39 is 81.2 Å². The quantitative estimate of drug-likeness (QED) is 0.0739. The number of benzene rings is 4. The molecule has 0 unspecified atom stereocenters. The third-order valence-corrected chi connectivity index (χ3v) is 14.0. The van der Waals surface area contributed by atoms with Gasteiger partial charge < -0.3 is 24.1 Å². The zero-order valence-electron chi connectivity index (χ0n) is 36.6. The number of carbonyl (C=O) groups is 4. The second kappa shape index (κ2) is 17.6. The second-order valence-electron chi connectivity index (χ2n) is 16.7. The smallest absolute Gasteiger partial charge is 0.417 e. The van der Waals surface area contributed by atoms with Crippen molar-refractivity contribution in [1.29, 1.82) is 0 Å². The van der Waals surface area contributed by atoms with Crippen LogP contribution in [0.5, 0.6) is 28.7 Å². The van der Waals surface area contributed by atoms with Crippen LogP contribution in [0.25, 0.3) is 12.2 Å². The third-order valence-electron chi connectivity index (χ3n) is 13.4. The molecule has 2 aliphatic carbocycles. The number of nitrogens with zero attached hydrogens (tertiary/aromatic N) is 3. The standard InChI is InChI=1S/C50H41Cl2F3N4O9/c1-65-32-15-18-38(66-2)26(19-32)8-5-25-6-13-30(14-7-25)58-45(61)34-17-16-33-35(41(34)47(58)63)23-36-46(62)59(57-44-37(52)20-28(24-56-44)50(53,54)55)48(64)49(36,27-9-11-29(51)12-10-27)43(33)42-39(67-3)21-31(60)22-40(42)68-4/h5-16,18-22,24,34-36,41,43,60H,17,23H2,1-4H3,(H,56,57)/t34-,35+,36-,41-,43+,49+/m0/s1. The number of fused-ring (bicyclic) bond motifs is 4. The van der Waals surface area contributed by atoms with E-state index in [-0.39, 0.29) is 35.7 Å². The predicted octanol–water partition coefficient (Wildman–Crippen LogP) is 9.51. The Hall–Kier alpha value is -7.04. The summed E-state index contributed by atoms with van der Waals surface area (Å²) in [5.74, 6) is -6.99. The minimum absolute atomic E-state index is 0.0798. The molecule has 4 aromatic carbocycles. The molecule has 1 aromatic heterocycles. The highest BCUT2D eigenvalue weighted by atomic mass is 35.5. The monoisotopic (exact) mass is 968 g/mol. The van der Waals surface area contributed by atoms with Crippen LogP contribution in [0.1, 0.15) is 46.6 Å². The Morgan fingerprint density at radius 3 is 2.09 bits per heavy atom. The molecular weight excluding hydrogens is 928 g/mol. The molecule has 6 atom stereocenters. The van der Waals surface area contributed by atoms with Crippen LogP contribution in [0.2, 0.25) is 10.0 Å². The van der Waals surface area contributed by atoms with Crippen LogP contribution < -0.4 is 29.3 Å². The van der Waals surface area contributed by atoms with Crippen molar-refractivity contribution in [2.24, 2.45) is 23.7 Å².